The zero-order chi connectivity index (χ0) is 15.4. The third-order valence-electron chi connectivity index (χ3n) is 5.02. The lowest BCUT2D eigenvalue weighted by Crippen LogP contribution is -2.41. The number of halogens is 2. The third kappa shape index (κ3) is 3.77. The van der Waals surface area contributed by atoms with E-state index in [0.29, 0.717) is 23.2 Å². The molecule has 4 heteroatoms. The minimum atomic E-state index is -0.257. The normalized spacial score (nSPS) is 24.3. The van der Waals surface area contributed by atoms with Gasteiger partial charge in [-0.2, -0.15) is 0 Å². The monoisotopic (exact) mass is 312 g/mol. The van der Waals surface area contributed by atoms with Crippen LogP contribution >= 0.6 is 11.6 Å². The fourth-order valence-corrected chi connectivity index (χ4v) is 3.82. The molecule has 0 aliphatic heterocycles. The van der Waals surface area contributed by atoms with Crippen molar-refractivity contribution >= 4 is 11.6 Å². The molecule has 0 spiro atoms. The van der Waals surface area contributed by atoms with E-state index in [1.807, 2.05) is 0 Å². The first-order chi connectivity index (χ1) is 10.1. The molecule has 1 aromatic rings. The smallest absolute Gasteiger partial charge is 0.129 e. The second-order valence-electron chi connectivity index (χ2n) is 6.14. The van der Waals surface area contributed by atoms with Gasteiger partial charge in [0, 0.05) is 23.2 Å². The van der Waals surface area contributed by atoms with Crippen molar-refractivity contribution in [3.63, 3.8) is 0 Å². The SMILES string of the molecule is CCC1CCC(N(C)C(CN)c2c(F)cccc2Cl)CC1. The molecule has 1 fully saturated rings. The van der Waals surface area contributed by atoms with E-state index in [9.17, 15) is 4.39 Å². The summed E-state index contributed by atoms with van der Waals surface area (Å²) in [5.41, 5.74) is 6.48. The van der Waals surface area contributed by atoms with Crippen LogP contribution in [0.5, 0.6) is 0 Å². The quantitative estimate of drug-likeness (QED) is 0.874. The van der Waals surface area contributed by atoms with Crippen LogP contribution in [0.15, 0.2) is 18.2 Å². The molecule has 0 radical (unpaired) electrons. The minimum absolute atomic E-state index is 0.151. The molecule has 0 heterocycles. The Morgan fingerprint density at radius 2 is 2.00 bits per heavy atom. The van der Waals surface area contributed by atoms with Gasteiger partial charge < -0.3 is 5.73 Å². The average molecular weight is 313 g/mol. The van der Waals surface area contributed by atoms with Gasteiger partial charge in [0.25, 0.3) is 0 Å². The van der Waals surface area contributed by atoms with Crippen LogP contribution in [0.1, 0.15) is 50.6 Å². The van der Waals surface area contributed by atoms with Crippen molar-refractivity contribution in [1.82, 2.24) is 4.90 Å². The third-order valence-corrected chi connectivity index (χ3v) is 5.35. The summed E-state index contributed by atoms with van der Waals surface area (Å²) in [5.74, 6) is 0.593. The van der Waals surface area contributed by atoms with Gasteiger partial charge in [0.2, 0.25) is 0 Å². The number of nitrogens with zero attached hydrogens (tertiary/aromatic N) is 1. The first kappa shape index (κ1) is 16.7. The van der Waals surface area contributed by atoms with Crippen LogP contribution in [0.25, 0.3) is 0 Å². The van der Waals surface area contributed by atoms with Crippen molar-refractivity contribution in [2.75, 3.05) is 13.6 Å². The largest absolute Gasteiger partial charge is 0.329 e. The molecule has 2 nitrogen and oxygen atoms in total. The average Bonchev–Trinajstić information content (AvgIpc) is 2.50. The number of benzene rings is 1. The fourth-order valence-electron chi connectivity index (χ4n) is 3.53. The van der Waals surface area contributed by atoms with E-state index < -0.39 is 0 Å². The summed E-state index contributed by atoms with van der Waals surface area (Å²) in [6, 6.07) is 5.16. The van der Waals surface area contributed by atoms with Gasteiger partial charge in [0.1, 0.15) is 5.82 Å². The van der Waals surface area contributed by atoms with Crippen molar-refractivity contribution in [1.29, 1.82) is 0 Å². The summed E-state index contributed by atoms with van der Waals surface area (Å²) in [6.07, 6.45) is 6.10. The first-order valence-corrected chi connectivity index (χ1v) is 8.32. The Labute approximate surface area is 132 Å². The van der Waals surface area contributed by atoms with Crippen molar-refractivity contribution in [2.45, 2.75) is 51.1 Å². The molecular formula is C17H26ClFN2. The molecule has 1 aliphatic rings. The lowest BCUT2D eigenvalue weighted by atomic mass is 9.83. The van der Waals surface area contributed by atoms with E-state index in [2.05, 4.69) is 18.9 Å². The highest BCUT2D eigenvalue weighted by Crippen LogP contribution is 2.35. The maximum Gasteiger partial charge on any atom is 0.129 e. The standard InChI is InChI=1S/C17H26ClFN2/c1-3-12-7-9-13(10-8-12)21(2)16(11-20)17-14(18)5-4-6-15(17)19/h4-6,12-13,16H,3,7-11,20H2,1-2H3. The number of rotatable bonds is 5. The summed E-state index contributed by atoms with van der Waals surface area (Å²) in [5, 5.41) is 0.472. The van der Waals surface area contributed by atoms with Crippen LogP contribution in [-0.2, 0) is 0 Å². The van der Waals surface area contributed by atoms with Gasteiger partial charge in [0.15, 0.2) is 0 Å². The first-order valence-electron chi connectivity index (χ1n) is 7.94. The molecule has 0 aromatic heterocycles. The van der Waals surface area contributed by atoms with Crippen LogP contribution in [0.4, 0.5) is 4.39 Å². The topological polar surface area (TPSA) is 29.3 Å². The summed E-state index contributed by atoms with van der Waals surface area (Å²) in [4.78, 5) is 2.23. The Kier molecular flexibility index (Phi) is 6.03. The predicted octanol–water partition coefficient (Wildman–Crippen LogP) is 4.38. The number of likely N-dealkylation sites (N-methyl/N-ethyl adjacent to an activating group) is 1. The van der Waals surface area contributed by atoms with Gasteiger partial charge in [-0.3, -0.25) is 4.90 Å². The number of hydrogen-bond acceptors (Lipinski definition) is 2. The highest BCUT2D eigenvalue weighted by atomic mass is 35.5. The summed E-state index contributed by atoms with van der Waals surface area (Å²) >= 11 is 6.21. The van der Waals surface area contributed by atoms with Crippen molar-refractivity contribution in [2.24, 2.45) is 11.7 Å². The lowest BCUT2D eigenvalue weighted by Gasteiger charge is -2.39. The highest BCUT2D eigenvalue weighted by molar-refractivity contribution is 6.31. The second kappa shape index (κ2) is 7.57. The van der Waals surface area contributed by atoms with Crippen molar-refractivity contribution < 1.29 is 4.39 Å². The van der Waals surface area contributed by atoms with Gasteiger partial charge in [-0.15, -0.1) is 0 Å². The fraction of sp³-hybridized carbons (Fsp3) is 0.647. The van der Waals surface area contributed by atoms with E-state index in [1.54, 1.807) is 12.1 Å². The Bertz CT molecular complexity index is 438. The van der Waals surface area contributed by atoms with Crippen molar-refractivity contribution in [3.05, 3.63) is 34.6 Å². The van der Waals surface area contributed by atoms with Gasteiger partial charge in [-0.05, 0) is 50.8 Å². The van der Waals surface area contributed by atoms with E-state index in [0.717, 1.165) is 18.8 Å². The van der Waals surface area contributed by atoms with Crippen LogP contribution in [0, 0.1) is 11.7 Å². The van der Waals surface area contributed by atoms with E-state index in [1.165, 1.54) is 25.3 Å². The van der Waals surface area contributed by atoms with Gasteiger partial charge in [-0.1, -0.05) is 31.0 Å². The Morgan fingerprint density at radius 3 is 2.52 bits per heavy atom. The number of hydrogen-bond donors (Lipinski definition) is 1. The zero-order valence-corrected chi connectivity index (χ0v) is 13.7. The molecule has 118 valence electrons. The van der Waals surface area contributed by atoms with Crippen LogP contribution in [0.3, 0.4) is 0 Å². The molecule has 1 unspecified atom stereocenters. The van der Waals surface area contributed by atoms with E-state index in [-0.39, 0.29) is 11.9 Å². The summed E-state index contributed by atoms with van der Waals surface area (Å²) < 4.78 is 14.2. The molecule has 0 saturated heterocycles. The van der Waals surface area contributed by atoms with Gasteiger partial charge in [0.05, 0.1) is 6.04 Å². The Balaban J connectivity index is 2.14. The molecule has 1 aliphatic carbocycles. The predicted molar refractivity (Wildman–Crippen MR) is 87.0 cm³/mol. The van der Waals surface area contributed by atoms with E-state index >= 15 is 0 Å². The van der Waals surface area contributed by atoms with Crippen LogP contribution in [0.2, 0.25) is 5.02 Å². The molecule has 0 bridgehead atoms. The molecule has 2 N–H and O–H groups in total. The maximum absolute atomic E-state index is 14.2. The summed E-state index contributed by atoms with van der Waals surface area (Å²) in [6.45, 7) is 2.64. The van der Waals surface area contributed by atoms with Crippen LogP contribution in [-0.4, -0.2) is 24.5 Å². The van der Waals surface area contributed by atoms with Crippen LogP contribution < -0.4 is 5.73 Å². The number of nitrogens with two attached hydrogens (primary N) is 1. The maximum atomic E-state index is 14.2. The molecule has 1 aromatic carbocycles. The highest BCUT2D eigenvalue weighted by Gasteiger charge is 2.29. The summed E-state index contributed by atoms with van der Waals surface area (Å²) in [7, 11) is 2.05. The Hall–Kier alpha value is -0.640. The lowest BCUT2D eigenvalue weighted by molar-refractivity contribution is 0.120. The van der Waals surface area contributed by atoms with Gasteiger partial charge >= 0.3 is 0 Å². The minimum Gasteiger partial charge on any atom is -0.329 e. The molecule has 1 atom stereocenters. The molecule has 0 amide bonds. The zero-order valence-electron chi connectivity index (χ0n) is 13.0. The van der Waals surface area contributed by atoms with E-state index in [4.69, 9.17) is 17.3 Å². The molecule has 21 heavy (non-hydrogen) atoms. The Morgan fingerprint density at radius 1 is 1.33 bits per heavy atom. The molecule has 2 rings (SSSR count). The second-order valence-corrected chi connectivity index (χ2v) is 6.54. The molecular weight excluding hydrogens is 287 g/mol. The van der Waals surface area contributed by atoms with Gasteiger partial charge in [-0.25, -0.2) is 4.39 Å². The molecule has 1 saturated carbocycles. The van der Waals surface area contributed by atoms with Crippen molar-refractivity contribution in [3.8, 4) is 0 Å².